The Labute approximate surface area is 189 Å². The van der Waals surface area contributed by atoms with Gasteiger partial charge < -0.3 is 4.90 Å². The van der Waals surface area contributed by atoms with Crippen LogP contribution in [0.5, 0.6) is 0 Å². The quantitative estimate of drug-likeness (QED) is 0.496. The maximum atomic E-state index is 13.0. The van der Waals surface area contributed by atoms with Gasteiger partial charge in [-0.2, -0.15) is 18.4 Å². The van der Waals surface area contributed by atoms with Crippen LogP contribution < -0.4 is 4.90 Å². The number of nitrogens with zero attached hydrogens (tertiary/aromatic N) is 4. The van der Waals surface area contributed by atoms with E-state index in [0.29, 0.717) is 16.6 Å². The summed E-state index contributed by atoms with van der Waals surface area (Å²) < 4.78 is 39.7. The number of rotatable bonds is 4. The summed E-state index contributed by atoms with van der Waals surface area (Å²) >= 11 is 1.32. The van der Waals surface area contributed by atoms with E-state index in [4.69, 9.17) is 5.26 Å². The summed E-state index contributed by atoms with van der Waals surface area (Å²) in [6, 6.07) is 12.8. The molecular formula is C24H25F3N4S. The highest BCUT2D eigenvalue weighted by Gasteiger charge is 2.33. The second kappa shape index (κ2) is 8.72. The molecule has 168 valence electrons. The smallest absolute Gasteiger partial charge is 0.345 e. The zero-order chi connectivity index (χ0) is 23.0. The number of thiazole rings is 1. The van der Waals surface area contributed by atoms with E-state index in [0.717, 1.165) is 42.0 Å². The van der Waals surface area contributed by atoms with Gasteiger partial charge in [0.05, 0.1) is 28.3 Å². The van der Waals surface area contributed by atoms with Gasteiger partial charge in [0.1, 0.15) is 0 Å². The maximum absolute atomic E-state index is 13.0. The molecule has 4 nitrogen and oxygen atoms in total. The van der Waals surface area contributed by atoms with Gasteiger partial charge in [-0.15, -0.1) is 0 Å². The molecular weight excluding hydrogens is 433 g/mol. The highest BCUT2D eigenvalue weighted by molar-refractivity contribution is 7.22. The molecule has 0 spiro atoms. The highest BCUT2D eigenvalue weighted by atomic mass is 32.1. The molecule has 2 atom stereocenters. The molecule has 0 bridgehead atoms. The Morgan fingerprint density at radius 1 is 1.09 bits per heavy atom. The number of piperazine rings is 1. The van der Waals surface area contributed by atoms with Crippen molar-refractivity contribution in [3.8, 4) is 6.07 Å². The summed E-state index contributed by atoms with van der Waals surface area (Å²) in [5.41, 5.74) is 3.35. The van der Waals surface area contributed by atoms with Crippen LogP contribution in [0.3, 0.4) is 0 Å². The van der Waals surface area contributed by atoms with Crippen LogP contribution in [-0.4, -0.2) is 35.1 Å². The molecule has 2 heterocycles. The maximum Gasteiger partial charge on any atom is 0.416 e. The highest BCUT2D eigenvalue weighted by Crippen LogP contribution is 2.36. The number of aryl methyl sites for hydroxylation is 1. The van der Waals surface area contributed by atoms with E-state index < -0.39 is 11.7 Å². The molecule has 8 heteroatoms. The first kappa shape index (κ1) is 22.6. The number of aromatic nitrogens is 1. The Morgan fingerprint density at radius 2 is 1.78 bits per heavy atom. The minimum Gasteiger partial charge on any atom is -0.345 e. The van der Waals surface area contributed by atoms with Crippen molar-refractivity contribution in [1.82, 2.24) is 9.88 Å². The fraction of sp³-hybridized carbons (Fsp3) is 0.417. The number of nitriles is 1. The van der Waals surface area contributed by atoms with Gasteiger partial charge in [0.25, 0.3) is 0 Å². The Kier molecular flexibility index (Phi) is 6.15. The van der Waals surface area contributed by atoms with Crippen molar-refractivity contribution in [2.75, 3.05) is 18.0 Å². The van der Waals surface area contributed by atoms with Gasteiger partial charge in [-0.05, 0) is 50.1 Å². The molecule has 1 aromatic heterocycles. The van der Waals surface area contributed by atoms with E-state index in [1.54, 1.807) is 0 Å². The molecule has 32 heavy (non-hydrogen) atoms. The number of benzene rings is 2. The van der Waals surface area contributed by atoms with Crippen molar-refractivity contribution in [3.05, 3.63) is 58.7 Å². The zero-order valence-corrected chi connectivity index (χ0v) is 19.1. The van der Waals surface area contributed by atoms with E-state index >= 15 is 0 Å². The first-order valence-corrected chi connectivity index (χ1v) is 11.4. The van der Waals surface area contributed by atoms with Crippen LogP contribution >= 0.6 is 11.3 Å². The minimum atomic E-state index is -4.35. The summed E-state index contributed by atoms with van der Waals surface area (Å²) in [6.45, 7) is 8.70. The molecule has 4 rings (SSSR count). The van der Waals surface area contributed by atoms with Crippen LogP contribution in [0.4, 0.5) is 18.3 Å². The van der Waals surface area contributed by atoms with Gasteiger partial charge in [0.15, 0.2) is 5.13 Å². The topological polar surface area (TPSA) is 43.2 Å². The Bertz CT molecular complexity index is 1150. The summed E-state index contributed by atoms with van der Waals surface area (Å²) in [5, 5.41) is 9.79. The average molecular weight is 459 g/mol. The summed E-state index contributed by atoms with van der Waals surface area (Å²) in [7, 11) is 0. The van der Waals surface area contributed by atoms with E-state index in [-0.39, 0.29) is 12.1 Å². The first-order valence-electron chi connectivity index (χ1n) is 10.6. The molecule has 2 aromatic carbocycles. The predicted molar refractivity (Wildman–Crippen MR) is 122 cm³/mol. The Hall–Kier alpha value is -2.63. The van der Waals surface area contributed by atoms with Gasteiger partial charge in [-0.25, -0.2) is 4.98 Å². The molecule has 0 aliphatic carbocycles. The van der Waals surface area contributed by atoms with Gasteiger partial charge in [-0.1, -0.05) is 35.1 Å². The van der Waals surface area contributed by atoms with Crippen LogP contribution in [0.25, 0.3) is 10.2 Å². The second-order valence-electron chi connectivity index (χ2n) is 8.61. The van der Waals surface area contributed by atoms with Crippen molar-refractivity contribution in [2.24, 2.45) is 0 Å². The lowest BCUT2D eigenvalue weighted by molar-refractivity contribution is -0.137. The largest absolute Gasteiger partial charge is 0.416 e. The molecule has 3 aromatic rings. The summed E-state index contributed by atoms with van der Waals surface area (Å²) in [5.74, 6) is 0. The van der Waals surface area contributed by atoms with Crippen molar-refractivity contribution in [3.63, 3.8) is 0 Å². The first-order chi connectivity index (χ1) is 15.1. The number of alkyl halides is 3. The zero-order valence-electron chi connectivity index (χ0n) is 18.3. The van der Waals surface area contributed by atoms with Crippen molar-refractivity contribution in [2.45, 2.75) is 52.0 Å². The van der Waals surface area contributed by atoms with Gasteiger partial charge in [0.2, 0.25) is 0 Å². The number of halogens is 3. The molecule has 1 saturated heterocycles. The molecule has 0 saturated carbocycles. The summed E-state index contributed by atoms with van der Waals surface area (Å²) in [6.07, 6.45) is -3.95. The van der Waals surface area contributed by atoms with Crippen LogP contribution in [0.2, 0.25) is 0 Å². The molecule has 1 aliphatic rings. The van der Waals surface area contributed by atoms with Crippen LogP contribution in [0.1, 0.15) is 36.1 Å². The molecule has 1 aliphatic heterocycles. The lowest BCUT2D eigenvalue weighted by Crippen LogP contribution is -2.56. The Morgan fingerprint density at radius 3 is 2.44 bits per heavy atom. The van der Waals surface area contributed by atoms with Crippen LogP contribution in [0.15, 0.2) is 36.4 Å². The normalized spacial score (nSPS) is 20.0. The fourth-order valence-electron chi connectivity index (χ4n) is 4.49. The van der Waals surface area contributed by atoms with Gasteiger partial charge in [-0.3, -0.25) is 4.90 Å². The SMILES string of the molecule is Cc1cc(CC#N)cc(CN2C(C)CN(c3nc4ccc(C(F)(F)F)cc4s3)CC2C)c1. The van der Waals surface area contributed by atoms with Crippen molar-refractivity contribution >= 4 is 26.7 Å². The van der Waals surface area contributed by atoms with E-state index in [1.807, 2.05) is 6.92 Å². The molecule has 2 unspecified atom stereocenters. The van der Waals surface area contributed by atoms with Gasteiger partial charge in [0, 0.05) is 31.7 Å². The number of hydrogen-bond donors (Lipinski definition) is 0. The van der Waals surface area contributed by atoms with E-state index in [1.165, 1.54) is 29.0 Å². The van der Waals surface area contributed by atoms with Crippen molar-refractivity contribution in [1.29, 1.82) is 5.26 Å². The number of hydrogen-bond acceptors (Lipinski definition) is 5. The molecule has 0 radical (unpaired) electrons. The Balaban J connectivity index is 1.51. The number of fused-ring (bicyclic) bond motifs is 1. The fourth-order valence-corrected chi connectivity index (χ4v) is 5.51. The summed E-state index contributed by atoms with van der Waals surface area (Å²) in [4.78, 5) is 9.23. The molecule has 0 N–H and O–H groups in total. The van der Waals surface area contributed by atoms with Crippen LogP contribution in [-0.2, 0) is 19.1 Å². The minimum absolute atomic E-state index is 0.247. The van der Waals surface area contributed by atoms with Crippen LogP contribution in [0, 0.1) is 18.3 Å². The molecule has 1 fully saturated rings. The number of anilines is 1. The van der Waals surface area contributed by atoms with Crippen molar-refractivity contribution < 1.29 is 13.2 Å². The predicted octanol–water partition coefficient (Wildman–Crippen LogP) is 5.79. The third-order valence-corrected chi connectivity index (χ3v) is 7.00. The second-order valence-corrected chi connectivity index (χ2v) is 9.62. The monoisotopic (exact) mass is 458 g/mol. The van der Waals surface area contributed by atoms with E-state index in [9.17, 15) is 13.2 Å². The standard InChI is InChI=1S/C24H25F3N4S/c1-15-8-18(6-7-28)10-19(9-15)14-31-16(2)12-30(13-17(31)3)23-29-21-5-4-20(24(25,26)27)11-22(21)32-23/h4-5,8-11,16-17H,6,12-14H2,1-3H3. The lowest BCUT2D eigenvalue weighted by Gasteiger charge is -2.44. The molecule has 0 amide bonds. The lowest BCUT2D eigenvalue weighted by atomic mass is 10.0. The third-order valence-electron chi connectivity index (χ3n) is 5.92. The van der Waals surface area contributed by atoms with E-state index in [2.05, 4.69) is 52.9 Å². The van der Waals surface area contributed by atoms with Gasteiger partial charge >= 0.3 is 6.18 Å². The third kappa shape index (κ3) is 4.74. The average Bonchev–Trinajstić information content (AvgIpc) is 3.13.